The summed E-state index contributed by atoms with van der Waals surface area (Å²) in [4.78, 5) is 32.0. The third kappa shape index (κ3) is 4.77. The number of nitrogens with one attached hydrogen (secondary N) is 1. The average molecular weight is 397 g/mol. The van der Waals surface area contributed by atoms with Crippen LogP contribution in [-0.4, -0.2) is 55.0 Å². The van der Waals surface area contributed by atoms with Gasteiger partial charge < -0.3 is 25.6 Å². The second-order valence-corrected chi connectivity index (χ2v) is 7.18. The molecule has 1 aliphatic heterocycles. The first-order valence-electron chi connectivity index (χ1n) is 9.58. The number of nitrogens with zero attached hydrogens (tertiary/aromatic N) is 3. The lowest BCUT2D eigenvalue weighted by Crippen LogP contribution is -2.48. The van der Waals surface area contributed by atoms with Gasteiger partial charge >= 0.3 is 0 Å². The van der Waals surface area contributed by atoms with E-state index in [0.29, 0.717) is 23.6 Å². The minimum absolute atomic E-state index is 0.0646. The van der Waals surface area contributed by atoms with Crippen molar-refractivity contribution in [3.8, 4) is 5.75 Å². The van der Waals surface area contributed by atoms with Crippen LogP contribution >= 0.6 is 0 Å². The van der Waals surface area contributed by atoms with E-state index in [0.717, 1.165) is 30.8 Å². The zero-order valence-corrected chi connectivity index (χ0v) is 17.0. The van der Waals surface area contributed by atoms with Gasteiger partial charge in [-0.15, -0.1) is 0 Å². The first kappa shape index (κ1) is 20.4. The fraction of sp³-hybridized carbons (Fsp3) is 0.381. The maximum absolute atomic E-state index is 12.0. The Kier molecular flexibility index (Phi) is 6.21. The monoisotopic (exact) mass is 397 g/mol. The van der Waals surface area contributed by atoms with Crippen molar-refractivity contribution in [3.63, 3.8) is 0 Å². The molecule has 2 heterocycles. The van der Waals surface area contributed by atoms with Gasteiger partial charge in [-0.1, -0.05) is 0 Å². The third-order valence-corrected chi connectivity index (χ3v) is 5.28. The molecule has 1 atom stereocenters. The number of benzene rings is 1. The van der Waals surface area contributed by atoms with Crippen molar-refractivity contribution in [3.05, 3.63) is 42.1 Å². The van der Waals surface area contributed by atoms with Crippen LogP contribution in [0.4, 0.5) is 17.2 Å². The van der Waals surface area contributed by atoms with Crippen LogP contribution in [0.15, 0.2) is 36.5 Å². The van der Waals surface area contributed by atoms with Gasteiger partial charge in [-0.3, -0.25) is 9.59 Å². The number of methoxy groups -OCH3 is 1. The number of anilines is 3. The summed E-state index contributed by atoms with van der Waals surface area (Å²) >= 11 is 0. The number of hydrogen-bond donors (Lipinski definition) is 2. The molecule has 1 fully saturated rings. The molecule has 1 aromatic carbocycles. The standard InChI is InChI=1S/C21H27N5O3/c1-14(27)26-10-4-5-16(13-26)25(2)19-11-20(23-12-18(19)21(22)28)24-15-6-8-17(29-3)9-7-15/h6-9,11-12,16H,4-5,10,13H2,1-3H3,(H2,22,28)(H,23,24)/t16-/m0/s1. The fourth-order valence-electron chi connectivity index (χ4n) is 3.57. The zero-order valence-electron chi connectivity index (χ0n) is 17.0. The fourth-order valence-corrected chi connectivity index (χ4v) is 3.57. The Balaban J connectivity index is 1.86. The smallest absolute Gasteiger partial charge is 0.252 e. The summed E-state index contributed by atoms with van der Waals surface area (Å²) < 4.78 is 5.18. The summed E-state index contributed by atoms with van der Waals surface area (Å²) in [6.07, 6.45) is 3.34. The Morgan fingerprint density at radius 1 is 1.31 bits per heavy atom. The van der Waals surface area contributed by atoms with Gasteiger partial charge in [0.1, 0.15) is 11.6 Å². The molecule has 0 saturated carbocycles. The number of carbonyl (C=O) groups is 2. The van der Waals surface area contributed by atoms with Crippen molar-refractivity contribution >= 4 is 29.0 Å². The number of nitrogens with two attached hydrogens (primary N) is 1. The summed E-state index contributed by atoms with van der Waals surface area (Å²) in [6.45, 7) is 2.97. The number of primary amides is 1. The van der Waals surface area contributed by atoms with E-state index in [4.69, 9.17) is 10.5 Å². The van der Waals surface area contributed by atoms with Crippen molar-refractivity contribution in [1.29, 1.82) is 0 Å². The molecule has 2 aromatic rings. The number of hydrogen-bond acceptors (Lipinski definition) is 6. The average Bonchev–Trinajstić information content (AvgIpc) is 2.73. The van der Waals surface area contributed by atoms with Gasteiger partial charge in [0.05, 0.1) is 18.4 Å². The lowest BCUT2D eigenvalue weighted by molar-refractivity contribution is -0.129. The molecule has 8 heteroatoms. The number of rotatable bonds is 6. The zero-order chi connectivity index (χ0) is 21.0. The predicted molar refractivity (Wildman–Crippen MR) is 113 cm³/mol. The molecule has 0 radical (unpaired) electrons. The van der Waals surface area contributed by atoms with Crippen LogP contribution in [0.3, 0.4) is 0 Å². The van der Waals surface area contributed by atoms with Crippen LogP contribution < -0.4 is 20.7 Å². The summed E-state index contributed by atoms with van der Waals surface area (Å²) in [5, 5.41) is 3.24. The molecule has 0 aliphatic carbocycles. The Hall–Kier alpha value is -3.29. The van der Waals surface area contributed by atoms with E-state index in [1.54, 1.807) is 14.0 Å². The minimum Gasteiger partial charge on any atom is -0.497 e. The SMILES string of the molecule is COc1ccc(Nc2cc(N(C)[C@H]3CCCN(C(C)=O)C3)c(C(N)=O)cn2)cc1. The predicted octanol–water partition coefficient (Wildman–Crippen LogP) is 2.38. The van der Waals surface area contributed by atoms with Crippen LogP contribution in [0.2, 0.25) is 0 Å². The molecule has 3 N–H and O–H groups in total. The van der Waals surface area contributed by atoms with E-state index < -0.39 is 5.91 Å². The number of likely N-dealkylation sites (tertiary alicyclic amines) is 1. The molecule has 1 aliphatic rings. The van der Waals surface area contributed by atoms with Gasteiger partial charge in [-0.25, -0.2) is 4.98 Å². The molecule has 0 bridgehead atoms. The molecular weight excluding hydrogens is 370 g/mol. The molecule has 29 heavy (non-hydrogen) atoms. The van der Waals surface area contributed by atoms with Gasteiger partial charge in [0.15, 0.2) is 0 Å². The van der Waals surface area contributed by atoms with Crippen LogP contribution in [0.25, 0.3) is 0 Å². The lowest BCUT2D eigenvalue weighted by Gasteiger charge is -2.38. The van der Waals surface area contributed by atoms with E-state index in [2.05, 4.69) is 10.3 Å². The molecule has 0 unspecified atom stereocenters. The highest BCUT2D eigenvalue weighted by Crippen LogP contribution is 2.28. The Morgan fingerprint density at radius 3 is 2.66 bits per heavy atom. The highest BCUT2D eigenvalue weighted by atomic mass is 16.5. The molecule has 2 amide bonds. The molecule has 0 spiro atoms. The first-order valence-corrected chi connectivity index (χ1v) is 9.58. The van der Waals surface area contributed by atoms with E-state index in [1.807, 2.05) is 47.2 Å². The normalized spacial score (nSPS) is 16.2. The van der Waals surface area contributed by atoms with Crippen molar-refractivity contribution in [2.45, 2.75) is 25.8 Å². The summed E-state index contributed by atoms with van der Waals surface area (Å²) in [6, 6.07) is 9.39. The van der Waals surface area contributed by atoms with Crippen LogP contribution in [-0.2, 0) is 4.79 Å². The molecule has 154 valence electrons. The largest absolute Gasteiger partial charge is 0.497 e. The second kappa shape index (κ2) is 8.81. The number of pyridine rings is 1. The third-order valence-electron chi connectivity index (χ3n) is 5.28. The molecule has 3 rings (SSSR count). The second-order valence-electron chi connectivity index (χ2n) is 7.18. The topological polar surface area (TPSA) is 101 Å². The van der Waals surface area contributed by atoms with E-state index in [1.165, 1.54) is 6.20 Å². The van der Waals surface area contributed by atoms with E-state index >= 15 is 0 Å². The Labute approximate surface area is 170 Å². The quantitative estimate of drug-likeness (QED) is 0.776. The highest BCUT2D eigenvalue weighted by molar-refractivity contribution is 5.99. The molecule has 1 saturated heterocycles. The molecule has 1 aromatic heterocycles. The highest BCUT2D eigenvalue weighted by Gasteiger charge is 2.27. The van der Waals surface area contributed by atoms with E-state index in [-0.39, 0.29) is 11.9 Å². The molecular formula is C21H27N5O3. The number of piperidine rings is 1. The number of ether oxygens (including phenoxy) is 1. The van der Waals surface area contributed by atoms with Crippen molar-refractivity contribution in [2.75, 3.05) is 37.5 Å². The first-order chi connectivity index (χ1) is 13.9. The summed E-state index contributed by atoms with van der Waals surface area (Å²) in [5.74, 6) is 0.894. The van der Waals surface area contributed by atoms with Crippen molar-refractivity contribution in [1.82, 2.24) is 9.88 Å². The number of aromatic nitrogens is 1. The van der Waals surface area contributed by atoms with Crippen LogP contribution in [0.1, 0.15) is 30.1 Å². The van der Waals surface area contributed by atoms with Gasteiger partial charge in [0.25, 0.3) is 5.91 Å². The van der Waals surface area contributed by atoms with Gasteiger partial charge in [-0.05, 0) is 37.1 Å². The van der Waals surface area contributed by atoms with Crippen molar-refractivity contribution < 1.29 is 14.3 Å². The maximum Gasteiger partial charge on any atom is 0.252 e. The van der Waals surface area contributed by atoms with Gasteiger partial charge in [0.2, 0.25) is 5.91 Å². The van der Waals surface area contributed by atoms with Crippen LogP contribution in [0, 0.1) is 0 Å². The molecule has 8 nitrogen and oxygen atoms in total. The summed E-state index contributed by atoms with van der Waals surface area (Å²) in [7, 11) is 3.54. The Morgan fingerprint density at radius 2 is 2.03 bits per heavy atom. The van der Waals surface area contributed by atoms with Gasteiger partial charge in [-0.2, -0.15) is 0 Å². The minimum atomic E-state index is -0.533. The number of amides is 2. The number of likely N-dealkylation sites (N-methyl/N-ethyl adjacent to an activating group) is 1. The van der Waals surface area contributed by atoms with Crippen LogP contribution in [0.5, 0.6) is 5.75 Å². The van der Waals surface area contributed by atoms with E-state index in [9.17, 15) is 9.59 Å². The summed E-state index contributed by atoms with van der Waals surface area (Å²) in [5.41, 5.74) is 7.48. The Bertz CT molecular complexity index is 884. The number of carbonyl (C=O) groups excluding carboxylic acids is 2. The van der Waals surface area contributed by atoms with Crippen molar-refractivity contribution in [2.24, 2.45) is 5.73 Å². The lowest BCUT2D eigenvalue weighted by atomic mass is 10.0. The van der Waals surface area contributed by atoms with Gasteiger partial charge in [0, 0.05) is 51.1 Å². The maximum atomic E-state index is 12.0.